The molecule has 0 spiro atoms. The number of ether oxygens (including phenoxy) is 2. The summed E-state index contributed by atoms with van der Waals surface area (Å²) in [6, 6.07) is 5.54. The number of nitrogens with zero attached hydrogens (tertiary/aromatic N) is 4. The molecule has 0 bridgehead atoms. The highest BCUT2D eigenvalue weighted by molar-refractivity contribution is 7.53. The van der Waals surface area contributed by atoms with Gasteiger partial charge in [-0.1, -0.05) is 12.1 Å². The Morgan fingerprint density at radius 3 is 2.47 bits per heavy atom. The van der Waals surface area contributed by atoms with Gasteiger partial charge in [0.25, 0.3) is 0 Å². The van der Waals surface area contributed by atoms with Crippen molar-refractivity contribution in [2.45, 2.75) is 42.8 Å². The van der Waals surface area contributed by atoms with E-state index < -0.39 is 57.3 Å². The van der Waals surface area contributed by atoms with E-state index in [1.807, 2.05) is 6.92 Å². The van der Waals surface area contributed by atoms with Gasteiger partial charge in [0.15, 0.2) is 11.9 Å². The molecule has 14 nitrogen and oxygen atoms in total. The van der Waals surface area contributed by atoms with Gasteiger partial charge >= 0.3 is 7.60 Å². The Balaban J connectivity index is 1.57. The summed E-state index contributed by atoms with van der Waals surface area (Å²) in [6.07, 6.45) is -4.44. The van der Waals surface area contributed by atoms with Crippen molar-refractivity contribution in [1.82, 2.24) is 19.7 Å². The second kappa shape index (κ2) is 11.1. The maximum Gasteiger partial charge on any atom is 0.361 e. The van der Waals surface area contributed by atoms with E-state index in [0.29, 0.717) is 5.39 Å². The minimum absolute atomic E-state index is 0.131. The Hall–Kier alpha value is -2.30. The van der Waals surface area contributed by atoms with Crippen molar-refractivity contribution in [3.05, 3.63) is 47.1 Å². The number of aliphatic hydroxyl groups excluding tert-OH is 4. The number of benzene rings is 1. The van der Waals surface area contributed by atoms with E-state index >= 15 is 0 Å². The molecule has 1 unspecified atom stereocenters. The molecule has 3 aromatic rings. The minimum Gasteiger partial charge on any atom is -0.393 e. The van der Waals surface area contributed by atoms with Gasteiger partial charge in [-0.2, -0.15) is 15.1 Å². The number of hydrogen-bond acceptors (Lipinski definition) is 11. The van der Waals surface area contributed by atoms with Crippen molar-refractivity contribution in [1.29, 1.82) is 0 Å². The molecule has 38 heavy (non-hydrogen) atoms. The van der Waals surface area contributed by atoms with Crippen LogP contribution in [0.25, 0.3) is 11.0 Å². The molecule has 2 aromatic heterocycles. The van der Waals surface area contributed by atoms with E-state index in [-0.39, 0.29) is 28.6 Å². The lowest BCUT2D eigenvalue weighted by Gasteiger charge is -2.31. The molecule has 208 valence electrons. The Morgan fingerprint density at radius 2 is 1.87 bits per heavy atom. The summed E-state index contributed by atoms with van der Waals surface area (Å²) in [5.74, 6) is -0.0934. The fourth-order valence-electron chi connectivity index (χ4n) is 3.95. The number of rotatable bonds is 10. The van der Waals surface area contributed by atoms with Crippen LogP contribution in [0.3, 0.4) is 0 Å². The molecule has 5 atom stereocenters. The van der Waals surface area contributed by atoms with E-state index in [0.717, 1.165) is 10.2 Å². The second-order valence-corrected chi connectivity index (χ2v) is 11.0. The Kier molecular flexibility index (Phi) is 8.35. The van der Waals surface area contributed by atoms with Crippen LogP contribution < -0.4 is 5.32 Å². The maximum atomic E-state index is 13.3. The quantitative estimate of drug-likeness (QED) is 0.128. The number of halogens is 2. The Bertz CT molecular complexity index is 1320. The van der Waals surface area contributed by atoms with Crippen LogP contribution in [0.5, 0.6) is 0 Å². The molecule has 0 radical (unpaired) electrons. The monoisotopic (exact) mass is 577 g/mol. The van der Waals surface area contributed by atoms with Gasteiger partial charge < -0.3 is 45.0 Å². The largest absolute Gasteiger partial charge is 0.393 e. The minimum atomic E-state index is -5.14. The van der Waals surface area contributed by atoms with Crippen LogP contribution in [-0.2, 0) is 14.0 Å². The average molecular weight is 578 g/mol. The fourth-order valence-corrected chi connectivity index (χ4v) is 4.73. The number of aromatic nitrogens is 4. The fraction of sp³-hybridized carbons (Fsp3) is 0.476. The third-order valence-electron chi connectivity index (χ3n) is 6.27. The molecule has 17 heteroatoms. The molecule has 3 heterocycles. The lowest BCUT2D eigenvalue weighted by atomic mass is 10.1. The molecule has 1 aromatic carbocycles. The first kappa shape index (κ1) is 28.7. The summed E-state index contributed by atoms with van der Waals surface area (Å²) in [5, 5.41) is 45.0. The predicted molar refractivity (Wildman–Crippen MR) is 130 cm³/mol. The first-order valence-corrected chi connectivity index (χ1v) is 13.3. The summed E-state index contributed by atoms with van der Waals surface area (Å²) in [6.45, 7) is -1.31. The molecule has 4 rings (SSSR count). The van der Waals surface area contributed by atoms with E-state index in [1.165, 1.54) is 18.3 Å². The summed E-state index contributed by atoms with van der Waals surface area (Å²) >= 11 is 6.13. The summed E-state index contributed by atoms with van der Waals surface area (Å²) < 4.78 is 37.0. The van der Waals surface area contributed by atoms with Crippen LogP contribution in [0.15, 0.2) is 30.5 Å². The van der Waals surface area contributed by atoms with Crippen LogP contribution in [0.1, 0.15) is 24.8 Å². The SMILES string of the molecule is CC(Nc1nc(Cl)nc2c1cnn2[C@@H]1O[C@H](COC(CO)(CO)P(=O)(O)O)[C@@H](O)[C@H]1O)c1ccc(F)cc1. The summed E-state index contributed by atoms with van der Waals surface area (Å²) in [7, 11) is -5.14. The predicted octanol–water partition coefficient (Wildman–Crippen LogP) is 0.286. The van der Waals surface area contributed by atoms with Gasteiger partial charge in [0.2, 0.25) is 10.6 Å². The van der Waals surface area contributed by atoms with Gasteiger partial charge in [0.05, 0.1) is 31.4 Å². The number of fused-ring (bicyclic) bond motifs is 1. The highest BCUT2D eigenvalue weighted by Crippen LogP contribution is 2.51. The third kappa shape index (κ3) is 5.40. The molecule has 0 aliphatic carbocycles. The molecule has 1 saturated heterocycles. The molecular weight excluding hydrogens is 552 g/mol. The smallest absolute Gasteiger partial charge is 0.361 e. The van der Waals surface area contributed by atoms with Crippen molar-refractivity contribution < 1.29 is 48.6 Å². The van der Waals surface area contributed by atoms with E-state index in [1.54, 1.807) is 12.1 Å². The van der Waals surface area contributed by atoms with Crippen LogP contribution in [0, 0.1) is 5.82 Å². The Morgan fingerprint density at radius 1 is 1.21 bits per heavy atom. The zero-order valence-electron chi connectivity index (χ0n) is 19.8. The van der Waals surface area contributed by atoms with Crippen LogP contribution in [0.4, 0.5) is 10.2 Å². The van der Waals surface area contributed by atoms with Gasteiger partial charge in [0, 0.05) is 6.04 Å². The first-order valence-electron chi connectivity index (χ1n) is 11.3. The van der Waals surface area contributed by atoms with Gasteiger partial charge in [-0.05, 0) is 36.2 Å². The van der Waals surface area contributed by atoms with Crippen molar-refractivity contribution in [2.24, 2.45) is 0 Å². The highest BCUT2D eigenvalue weighted by Gasteiger charge is 2.51. The molecule has 1 fully saturated rings. The number of nitrogens with one attached hydrogen (secondary N) is 1. The van der Waals surface area contributed by atoms with Gasteiger partial charge in [-0.3, -0.25) is 4.57 Å². The molecule has 1 aliphatic heterocycles. The number of anilines is 1. The van der Waals surface area contributed by atoms with E-state index in [4.69, 9.17) is 21.1 Å². The zero-order chi connectivity index (χ0) is 27.8. The first-order chi connectivity index (χ1) is 17.9. The molecule has 0 amide bonds. The summed E-state index contributed by atoms with van der Waals surface area (Å²) in [4.78, 5) is 27.3. The van der Waals surface area contributed by atoms with Crippen molar-refractivity contribution in [2.75, 3.05) is 25.1 Å². The van der Waals surface area contributed by atoms with Crippen molar-refractivity contribution in [3.63, 3.8) is 0 Å². The molecule has 7 N–H and O–H groups in total. The third-order valence-corrected chi connectivity index (χ3v) is 7.91. The van der Waals surface area contributed by atoms with Gasteiger partial charge in [-0.15, -0.1) is 0 Å². The van der Waals surface area contributed by atoms with Gasteiger partial charge in [0.1, 0.15) is 29.9 Å². The normalized spacial score (nSPS) is 23.2. The lowest BCUT2D eigenvalue weighted by molar-refractivity contribution is -0.121. The lowest BCUT2D eigenvalue weighted by Crippen LogP contribution is -2.44. The number of hydrogen-bond donors (Lipinski definition) is 7. The van der Waals surface area contributed by atoms with Gasteiger partial charge in [-0.25, -0.2) is 9.07 Å². The second-order valence-electron chi connectivity index (χ2n) is 8.75. The Labute approximate surface area is 219 Å². The topological polar surface area (TPSA) is 213 Å². The van der Waals surface area contributed by atoms with Crippen LogP contribution >= 0.6 is 19.2 Å². The summed E-state index contributed by atoms with van der Waals surface area (Å²) in [5.41, 5.74) is 0.895. The number of aliphatic hydroxyl groups is 4. The van der Waals surface area contributed by atoms with Crippen molar-refractivity contribution >= 4 is 36.0 Å². The van der Waals surface area contributed by atoms with Crippen LogP contribution in [-0.4, -0.2) is 93.4 Å². The molecular formula is C21H26ClFN5O9P. The van der Waals surface area contributed by atoms with E-state index in [2.05, 4.69) is 20.4 Å². The van der Waals surface area contributed by atoms with Crippen molar-refractivity contribution in [3.8, 4) is 0 Å². The standard InChI is InChI=1S/C21H26ClFN5O9P/c1-10(11-2-4-12(23)5-3-11)25-17-13-6-24-28(18(13)27-20(22)26-17)19-16(32)15(31)14(37-19)7-36-21(8-29,9-30)38(33,34)35/h2-6,10,14-16,19,29-32H,7-9H2,1H3,(H,25,26,27)(H2,33,34,35)/t10?,14-,15-,16-,19-/m1/s1. The van der Waals surface area contributed by atoms with E-state index in [9.17, 15) is 39.2 Å². The zero-order valence-corrected chi connectivity index (χ0v) is 21.4. The maximum absolute atomic E-state index is 13.3. The molecule has 1 aliphatic rings. The average Bonchev–Trinajstić information content (AvgIpc) is 3.40. The highest BCUT2D eigenvalue weighted by atomic mass is 35.5. The molecule has 0 saturated carbocycles. The van der Waals surface area contributed by atoms with Crippen LogP contribution in [0.2, 0.25) is 5.28 Å².